The fourth-order valence-electron chi connectivity index (χ4n) is 3.22. The number of anilines is 1. The molecule has 1 saturated heterocycles. The van der Waals surface area contributed by atoms with Gasteiger partial charge in [-0.1, -0.05) is 30.3 Å². The molecule has 1 aliphatic heterocycles. The molecule has 6 heteroatoms. The molecule has 0 bridgehead atoms. The minimum Gasteiger partial charge on any atom is -0.379 e. The summed E-state index contributed by atoms with van der Waals surface area (Å²) in [5.74, 6) is 0.913. The molecule has 1 N–H and O–H groups in total. The number of aromatic nitrogens is 2. The van der Waals surface area contributed by atoms with Gasteiger partial charge in [0, 0.05) is 24.5 Å². The van der Waals surface area contributed by atoms with E-state index in [-0.39, 0.29) is 6.04 Å². The fraction of sp³-hybridized carbons (Fsp3) is 0.368. The van der Waals surface area contributed by atoms with Crippen molar-refractivity contribution < 1.29 is 4.74 Å². The van der Waals surface area contributed by atoms with Crippen molar-refractivity contribution in [1.82, 2.24) is 14.9 Å². The van der Waals surface area contributed by atoms with Crippen LogP contribution in [-0.4, -0.2) is 47.7 Å². The molecule has 0 amide bonds. The Labute approximate surface area is 151 Å². The molecule has 0 aliphatic carbocycles. The summed E-state index contributed by atoms with van der Waals surface area (Å²) in [5.41, 5.74) is 1.27. The average Bonchev–Trinajstić information content (AvgIpc) is 3.04. The number of morpholine rings is 1. The van der Waals surface area contributed by atoms with Crippen LogP contribution >= 0.6 is 11.3 Å². The standard InChI is InChI=1S/C19H22N4OS/c1-14-11-16-18(20-13-21-19(16)25-14)22-17(15-5-3-2-4-6-15)12-23-7-9-24-10-8-23/h2-6,11,13,17H,7-10,12H2,1H3,(H,20,21,22). The Morgan fingerprint density at radius 2 is 2.00 bits per heavy atom. The molecule has 3 aromatic rings. The number of benzene rings is 1. The molecule has 5 nitrogen and oxygen atoms in total. The molecule has 4 rings (SSSR count). The second kappa shape index (κ2) is 7.47. The Bertz CT molecular complexity index is 830. The number of rotatable bonds is 5. The van der Waals surface area contributed by atoms with Crippen molar-refractivity contribution in [3.8, 4) is 0 Å². The topological polar surface area (TPSA) is 50.3 Å². The van der Waals surface area contributed by atoms with Crippen molar-refractivity contribution in [3.63, 3.8) is 0 Å². The lowest BCUT2D eigenvalue weighted by molar-refractivity contribution is 0.0361. The number of aryl methyl sites for hydroxylation is 1. The first-order valence-corrected chi connectivity index (χ1v) is 9.44. The van der Waals surface area contributed by atoms with Gasteiger partial charge in [0.1, 0.15) is 17.0 Å². The Kier molecular flexibility index (Phi) is 4.92. The molecular formula is C19H22N4OS. The van der Waals surface area contributed by atoms with Crippen molar-refractivity contribution in [1.29, 1.82) is 0 Å². The number of thiophene rings is 1. The van der Waals surface area contributed by atoms with Gasteiger partial charge in [0.25, 0.3) is 0 Å². The van der Waals surface area contributed by atoms with Crippen LogP contribution in [0.3, 0.4) is 0 Å². The van der Waals surface area contributed by atoms with Crippen LogP contribution < -0.4 is 5.32 Å². The molecule has 0 radical (unpaired) electrons. The van der Waals surface area contributed by atoms with Gasteiger partial charge < -0.3 is 10.1 Å². The van der Waals surface area contributed by atoms with E-state index in [0.29, 0.717) is 0 Å². The molecule has 0 spiro atoms. The quantitative estimate of drug-likeness (QED) is 0.760. The summed E-state index contributed by atoms with van der Waals surface area (Å²) in [7, 11) is 0. The predicted octanol–water partition coefficient (Wildman–Crippen LogP) is 3.49. The third-order valence-electron chi connectivity index (χ3n) is 4.51. The zero-order chi connectivity index (χ0) is 17.1. The lowest BCUT2D eigenvalue weighted by Gasteiger charge is -2.31. The molecule has 3 heterocycles. The van der Waals surface area contributed by atoms with Crippen LogP contribution in [0.5, 0.6) is 0 Å². The molecular weight excluding hydrogens is 332 g/mol. The van der Waals surface area contributed by atoms with Crippen molar-refractivity contribution >= 4 is 27.4 Å². The Morgan fingerprint density at radius 1 is 1.20 bits per heavy atom. The van der Waals surface area contributed by atoms with Crippen molar-refractivity contribution in [2.45, 2.75) is 13.0 Å². The van der Waals surface area contributed by atoms with Gasteiger partial charge in [-0.15, -0.1) is 11.3 Å². The van der Waals surface area contributed by atoms with Crippen LogP contribution in [0.25, 0.3) is 10.2 Å². The van der Waals surface area contributed by atoms with Crippen molar-refractivity contribution in [2.75, 3.05) is 38.2 Å². The highest BCUT2D eigenvalue weighted by molar-refractivity contribution is 7.18. The zero-order valence-corrected chi connectivity index (χ0v) is 15.1. The molecule has 2 aromatic heterocycles. The van der Waals surface area contributed by atoms with Crippen LogP contribution in [0, 0.1) is 6.92 Å². The number of ether oxygens (including phenoxy) is 1. The van der Waals surface area contributed by atoms with Crippen molar-refractivity contribution in [2.24, 2.45) is 0 Å². The maximum atomic E-state index is 5.48. The first-order chi connectivity index (χ1) is 12.3. The third-order valence-corrected chi connectivity index (χ3v) is 5.47. The van der Waals surface area contributed by atoms with Gasteiger partial charge in [-0.05, 0) is 18.6 Å². The van der Waals surface area contributed by atoms with Crippen molar-refractivity contribution in [3.05, 3.63) is 53.2 Å². The van der Waals surface area contributed by atoms with Crippen LogP contribution in [-0.2, 0) is 4.74 Å². The van der Waals surface area contributed by atoms with Crippen LogP contribution in [0.4, 0.5) is 5.82 Å². The summed E-state index contributed by atoms with van der Waals surface area (Å²) in [6.07, 6.45) is 1.65. The summed E-state index contributed by atoms with van der Waals surface area (Å²) in [5, 5.41) is 4.78. The normalized spacial score (nSPS) is 16.8. The van der Waals surface area contributed by atoms with Gasteiger partial charge in [0.05, 0.1) is 24.6 Å². The second-order valence-corrected chi connectivity index (χ2v) is 7.55. The van der Waals surface area contributed by atoms with E-state index in [1.807, 2.05) is 0 Å². The minimum atomic E-state index is 0.178. The van der Waals surface area contributed by atoms with E-state index in [9.17, 15) is 0 Å². The second-order valence-electron chi connectivity index (χ2n) is 6.32. The fourth-order valence-corrected chi connectivity index (χ4v) is 4.06. The van der Waals surface area contributed by atoms with Gasteiger partial charge in [0.2, 0.25) is 0 Å². The molecule has 25 heavy (non-hydrogen) atoms. The lowest BCUT2D eigenvalue weighted by atomic mass is 10.1. The van der Waals surface area contributed by atoms with E-state index in [1.165, 1.54) is 10.4 Å². The van der Waals surface area contributed by atoms with Gasteiger partial charge in [-0.2, -0.15) is 0 Å². The molecule has 1 aromatic carbocycles. The van der Waals surface area contributed by atoms with E-state index in [2.05, 4.69) is 63.5 Å². The van der Waals surface area contributed by atoms with E-state index in [0.717, 1.165) is 48.9 Å². The molecule has 1 aliphatic rings. The highest BCUT2D eigenvalue weighted by atomic mass is 32.1. The first kappa shape index (κ1) is 16.4. The maximum absolute atomic E-state index is 5.48. The summed E-state index contributed by atoms with van der Waals surface area (Å²) < 4.78 is 5.48. The van der Waals surface area contributed by atoms with E-state index in [4.69, 9.17) is 4.74 Å². The summed E-state index contributed by atoms with van der Waals surface area (Å²) >= 11 is 1.71. The van der Waals surface area contributed by atoms with E-state index < -0.39 is 0 Å². The number of nitrogens with one attached hydrogen (secondary N) is 1. The monoisotopic (exact) mass is 354 g/mol. The van der Waals surface area contributed by atoms with Crippen LogP contribution in [0.1, 0.15) is 16.5 Å². The SMILES string of the molecule is Cc1cc2c(NC(CN3CCOCC3)c3ccccc3)ncnc2s1. The predicted molar refractivity (Wildman–Crippen MR) is 102 cm³/mol. The molecule has 1 atom stereocenters. The van der Waals surface area contributed by atoms with E-state index >= 15 is 0 Å². The summed E-state index contributed by atoms with van der Waals surface area (Å²) in [6.45, 7) is 6.61. The highest BCUT2D eigenvalue weighted by Crippen LogP contribution is 2.30. The number of hydrogen-bond acceptors (Lipinski definition) is 6. The molecule has 1 unspecified atom stereocenters. The molecule has 1 fully saturated rings. The lowest BCUT2D eigenvalue weighted by Crippen LogP contribution is -2.40. The number of fused-ring (bicyclic) bond motifs is 1. The first-order valence-electron chi connectivity index (χ1n) is 8.62. The minimum absolute atomic E-state index is 0.178. The largest absolute Gasteiger partial charge is 0.379 e. The molecule has 130 valence electrons. The smallest absolute Gasteiger partial charge is 0.138 e. The number of hydrogen-bond donors (Lipinski definition) is 1. The molecule has 0 saturated carbocycles. The Hall–Kier alpha value is -2.02. The van der Waals surface area contributed by atoms with Crippen LogP contribution in [0.2, 0.25) is 0 Å². The highest BCUT2D eigenvalue weighted by Gasteiger charge is 2.20. The summed E-state index contributed by atoms with van der Waals surface area (Å²) in [4.78, 5) is 13.7. The Morgan fingerprint density at radius 3 is 2.80 bits per heavy atom. The maximum Gasteiger partial charge on any atom is 0.138 e. The Balaban J connectivity index is 1.62. The van der Waals surface area contributed by atoms with Gasteiger partial charge in [-0.25, -0.2) is 9.97 Å². The summed E-state index contributed by atoms with van der Waals surface area (Å²) in [6, 6.07) is 12.9. The van der Waals surface area contributed by atoms with E-state index in [1.54, 1.807) is 17.7 Å². The van der Waals surface area contributed by atoms with Gasteiger partial charge >= 0.3 is 0 Å². The zero-order valence-electron chi connectivity index (χ0n) is 14.3. The van der Waals surface area contributed by atoms with Gasteiger partial charge in [-0.3, -0.25) is 4.90 Å². The van der Waals surface area contributed by atoms with Gasteiger partial charge in [0.15, 0.2) is 0 Å². The average molecular weight is 354 g/mol. The number of nitrogens with zero attached hydrogens (tertiary/aromatic N) is 3. The van der Waals surface area contributed by atoms with Crippen LogP contribution in [0.15, 0.2) is 42.7 Å². The third kappa shape index (κ3) is 3.81.